The molecule has 63 heavy (non-hydrogen) atoms. The Hall–Kier alpha value is -5.22. The number of carbonyl (C=O) groups excluding carboxylic acids is 4. The number of aromatic nitrogens is 4. The molecule has 3 N–H and O–H groups in total. The number of likely N-dealkylation sites (tertiary alicyclic amines) is 2. The van der Waals surface area contributed by atoms with Crippen molar-refractivity contribution in [1.82, 2.24) is 40.0 Å². The van der Waals surface area contributed by atoms with Gasteiger partial charge in [-0.3, -0.25) is 9.59 Å². The third kappa shape index (κ3) is 10.3. The Bertz CT molecular complexity index is 2270. The summed E-state index contributed by atoms with van der Waals surface area (Å²) in [5.41, 5.74) is 6.31. The minimum atomic E-state index is -1.32. The number of fused-ring (bicyclic) bond motifs is 1. The highest BCUT2D eigenvalue weighted by Crippen LogP contribution is 2.55. The van der Waals surface area contributed by atoms with Gasteiger partial charge in [-0.2, -0.15) is 0 Å². The van der Waals surface area contributed by atoms with Crippen molar-refractivity contribution in [3.05, 3.63) is 71.4 Å². The molecule has 2 saturated heterocycles. The molecule has 4 heterocycles. The first-order valence-corrected chi connectivity index (χ1v) is 26.3. The van der Waals surface area contributed by atoms with Gasteiger partial charge in [0, 0.05) is 27.8 Å². The molecule has 0 spiro atoms. The van der Waals surface area contributed by atoms with Crippen molar-refractivity contribution >= 4 is 43.1 Å². The minimum Gasteiger partial charge on any atom is -0.453 e. The number of imidazole rings is 2. The van der Waals surface area contributed by atoms with E-state index in [1.807, 2.05) is 43.7 Å². The summed E-state index contributed by atoms with van der Waals surface area (Å²) in [5.74, 6) is 1.82. The smallest absolute Gasteiger partial charge is 0.407 e. The number of ether oxygens (including phenoxy) is 3. The maximum atomic E-state index is 14.0. The van der Waals surface area contributed by atoms with Crippen molar-refractivity contribution in [3.63, 3.8) is 0 Å². The van der Waals surface area contributed by atoms with E-state index in [1.165, 1.54) is 25.3 Å². The second-order valence-corrected chi connectivity index (χ2v) is 25.0. The van der Waals surface area contributed by atoms with Crippen molar-refractivity contribution in [2.45, 2.75) is 128 Å². The van der Waals surface area contributed by atoms with Gasteiger partial charge < -0.3 is 44.2 Å². The first-order valence-electron chi connectivity index (χ1n) is 22.6. The van der Waals surface area contributed by atoms with Crippen LogP contribution in [0.15, 0.2) is 48.7 Å². The number of methoxy groups -OCH3 is 2. The summed E-state index contributed by atoms with van der Waals surface area (Å²) < 4.78 is 18.1. The van der Waals surface area contributed by atoms with Gasteiger partial charge in [-0.05, 0) is 90.6 Å². The average molecular weight is 883 g/mol. The molecule has 2 aromatic carbocycles. The second kappa shape index (κ2) is 19.3. The highest BCUT2D eigenvalue weighted by atomic mass is 28.3. The second-order valence-electron chi connectivity index (χ2n) is 19.3. The van der Waals surface area contributed by atoms with Gasteiger partial charge in [-0.25, -0.2) is 19.6 Å². The van der Waals surface area contributed by atoms with Crippen LogP contribution in [0.5, 0.6) is 0 Å². The Morgan fingerprint density at radius 1 is 0.810 bits per heavy atom. The number of nitrogens with zero attached hydrogens (tertiary/aromatic N) is 5. The third-order valence-corrected chi connectivity index (χ3v) is 14.7. The summed E-state index contributed by atoms with van der Waals surface area (Å²) in [6.45, 7) is 16.9. The van der Waals surface area contributed by atoms with Crippen LogP contribution in [0.1, 0.15) is 106 Å². The van der Waals surface area contributed by atoms with Crippen LogP contribution < -0.4 is 10.6 Å². The van der Waals surface area contributed by atoms with E-state index in [0.29, 0.717) is 38.3 Å². The number of rotatable bonds is 16. The summed E-state index contributed by atoms with van der Waals surface area (Å²) >= 11 is 0. The molecule has 1 aliphatic carbocycles. The van der Waals surface area contributed by atoms with E-state index in [0.717, 1.165) is 72.1 Å². The lowest BCUT2D eigenvalue weighted by Gasteiger charge is -2.31. The van der Waals surface area contributed by atoms with Gasteiger partial charge in [0.1, 0.15) is 30.5 Å². The predicted octanol–water partition coefficient (Wildman–Crippen LogP) is 8.10. The Morgan fingerprint density at radius 2 is 1.38 bits per heavy atom. The molecule has 6 atom stereocenters. The zero-order valence-electron chi connectivity index (χ0n) is 38.4. The van der Waals surface area contributed by atoms with E-state index in [9.17, 15) is 19.2 Å². The Labute approximate surface area is 372 Å². The van der Waals surface area contributed by atoms with Crippen molar-refractivity contribution in [1.29, 1.82) is 0 Å². The quantitative estimate of drug-likeness (QED) is 0.0743. The summed E-state index contributed by atoms with van der Waals surface area (Å²) in [4.78, 5) is 69.1. The van der Waals surface area contributed by atoms with Gasteiger partial charge in [0.2, 0.25) is 11.8 Å². The number of benzene rings is 2. The summed E-state index contributed by atoms with van der Waals surface area (Å²) in [6.07, 6.45) is 4.95. The molecule has 4 amide bonds. The maximum Gasteiger partial charge on any atom is 0.407 e. The molecule has 0 bridgehead atoms. The highest BCUT2D eigenvalue weighted by molar-refractivity contribution is 6.76. The molecular weight excluding hydrogens is 817 g/mol. The topological polar surface area (TPSA) is 173 Å². The molecule has 16 heteroatoms. The average Bonchev–Trinajstić information content (AvgIpc) is 3.71. The van der Waals surface area contributed by atoms with E-state index in [-0.39, 0.29) is 35.7 Å². The molecule has 3 aliphatic rings. The zero-order chi connectivity index (χ0) is 45.2. The maximum absolute atomic E-state index is 14.0. The molecule has 340 valence electrons. The third-order valence-electron chi connectivity index (χ3n) is 12.9. The lowest BCUT2D eigenvalue weighted by atomic mass is 10.0. The molecule has 7 rings (SSSR count). The van der Waals surface area contributed by atoms with E-state index in [2.05, 4.69) is 82.3 Å². The lowest BCUT2D eigenvalue weighted by Crippen LogP contribution is -2.51. The van der Waals surface area contributed by atoms with Crippen LogP contribution in [0.2, 0.25) is 25.7 Å². The number of carbonyl (C=O) groups is 4. The van der Waals surface area contributed by atoms with Crippen molar-refractivity contribution in [2.24, 2.45) is 11.8 Å². The van der Waals surface area contributed by atoms with Crippen LogP contribution >= 0.6 is 0 Å². The van der Waals surface area contributed by atoms with Crippen molar-refractivity contribution in [2.75, 3.05) is 33.9 Å². The van der Waals surface area contributed by atoms with Crippen molar-refractivity contribution < 1.29 is 33.4 Å². The molecule has 2 aliphatic heterocycles. The van der Waals surface area contributed by atoms with Gasteiger partial charge in [0.05, 0.1) is 49.2 Å². The molecule has 3 fully saturated rings. The van der Waals surface area contributed by atoms with E-state index >= 15 is 0 Å². The summed E-state index contributed by atoms with van der Waals surface area (Å²) in [7, 11) is 1.29. The Morgan fingerprint density at radius 3 is 1.97 bits per heavy atom. The normalized spacial score (nSPS) is 20.9. The van der Waals surface area contributed by atoms with Crippen LogP contribution in [0, 0.1) is 11.8 Å². The Balaban J connectivity index is 1.07. The van der Waals surface area contributed by atoms with Gasteiger partial charge in [-0.1, -0.05) is 77.7 Å². The van der Waals surface area contributed by atoms with Crippen molar-refractivity contribution in [3.8, 4) is 11.3 Å². The van der Waals surface area contributed by atoms with Crippen LogP contribution in [0.25, 0.3) is 22.3 Å². The number of alkyl carbamates (subject to hydrolysis) is 2. The standard InChI is InChI=1S/C47H66N8O7Si/c1-28(2)40(51-46(58)60-5)44(56)53-20-10-12-37(53)42-49-35-19-18-32(24-36(35)50-42)34-25-33(34)30-14-16-31(17-15-30)39-26-48-43(55(39)27-62-22-23-63(7,8)9)38-13-11-21-54(38)45(57)41(29(3)4)52-47(59)61-6/h14-19,24,26,28-29,33-34,37-38,40-41H,10-13,20-23,25,27H2,1-9H3,(H,49,50)(H,51,58)(H,52,59)/t33-,34-,37+,38+,40+,41+/m1/s1. The van der Waals surface area contributed by atoms with Gasteiger partial charge >= 0.3 is 12.2 Å². The number of hydrogen-bond acceptors (Lipinski definition) is 9. The molecule has 1 saturated carbocycles. The number of hydrogen-bond donors (Lipinski definition) is 3. The zero-order valence-corrected chi connectivity index (χ0v) is 39.4. The predicted molar refractivity (Wildman–Crippen MR) is 244 cm³/mol. The SMILES string of the molecule is COC(=O)N[C@H](C(=O)N1CCC[C@H]1c1nc2ccc([C@H]3C[C@@H]3c3ccc(-c4cnc([C@@H]5CCCN5C(=O)[C@@H](NC(=O)OC)C(C)C)n4COCC[Si](C)(C)C)cc3)cc2[nH]1)C(C)C. The fourth-order valence-electron chi connectivity index (χ4n) is 9.19. The number of aromatic amines is 1. The number of H-pyrrole nitrogens is 1. The fourth-order valence-corrected chi connectivity index (χ4v) is 9.95. The van der Waals surface area contributed by atoms with Crippen LogP contribution in [-0.2, 0) is 30.5 Å². The van der Waals surface area contributed by atoms with Crippen LogP contribution in [0.3, 0.4) is 0 Å². The summed E-state index contributed by atoms with van der Waals surface area (Å²) in [6, 6.07) is 14.4. The highest BCUT2D eigenvalue weighted by Gasteiger charge is 2.42. The van der Waals surface area contributed by atoms with Gasteiger partial charge in [0.25, 0.3) is 0 Å². The molecular formula is C47H66N8O7Si. The van der Waals surface area contributed by atoms with Gasteiger partial charge in [-0.15, -0.1) is 0 Å². The minimum absolute atomic E-state index is 0.103. The fraction of sp³-hybridized carbons (Fsp3) is 0.574. The molecule has 4 aromatic rings. The Kier molecular flexibility index (Phi) is 14.0. The first-order chi connectivity index (χ1) is 30.1. The first kappa shape index (κ1) is 45.8. The van der Waals surface area contributed by atoms with Crippen LogP contribution in [0.4, 0.5) is 9.59 Å². The van der Waals surface area contributed by atoms with E-state index < -0.39 is 32.3 Å². The van der Waals surface area contributed by atoms with E-state index in [1.54, 1.807) is 0 Å². The molecule has 0 unspecified atom stereocenters. The van der Waals surface area contributed by atoms with Gasteiger partial charge in [0.15, 0.2) is 0 Å². The number of nitrogens with one attached hydrogen (secondary N) is 3. The summed E-state index contributed by atoms with van der Waals surface area (Å²) in [5, 5.41) is 5.48. The monoisotopic (exact) mass is 882 g/mol. The molecule has 0 radical (unpaired) electrons. The largest absolute Gasteiger partial charge is 0.453 e. The molecule has 2 aromatic heterocycles. The lowest BCUT2D eigenvalue weighted by molar-refractivity contribution is -0.136. The number of amides is 4. The van der Waals surface area contributed by atoms with E-state index in [4.69, 9.17) is 24.2 Å². The van der Waals surface area contributed by atoms with Crippen LogP contribution in [-0.4, -0.2) is 107 Å². The molecule has 15 nitrogen and oxygen atoms in total.